The van der Waals surface area contributed by atoms with Gasteiger partial charge in [0.15, 0.2) is 5.78 Å². The van der Waals surface area contributed by atoms with E-state index in [4.69, 9.17) is 4.74 Å². The summed E-state index contributed by atoms with van der Waals surface area (Å²) in [5, 5.41) is 0. The molecule has 14 heavy (non-hydrogen) atoms. The van der Waals surface area contributed by atoms with Crippen LogP contribution in [0.2, 0.25) is 0 Å². The Morgan fingerprint density at radius 2 is 2.21 bits per heavy atom. The molecule has 2 heteroatoms. The lowest BCUT2D eigenvalue weighted by Crippen LogP contribution is -2.33. The Labute approximate surface area is 85.6 Å². The molecule has 1 unspecified atom stereocenters. The summed E-state index contributed by atoms with van der Waals surface area (Å²) >= 11 is 0. The zero-order valence-electron chi connectivity index (χ0n) is 9.17. The van der Waals surface area contributed by atoms with E-state index in [1.165, 1.54) is 0 Å². The molecule has 0 aromatic carbocycles. The number of rotatable bonds is 4. The largest absolute Gasteiger partial charge is 0.370 e. The summed E-state index contributed by atoms with van der Waals surface area (Å²) in [7, 11) is 1.70. The smallest absolute Gasteiger partial charge is 0.178 e. The molecule has 0 heterocycles. The Morgan fingerprint density at radius 3 is 2.71 bits per heavy atom. The normalized spacial score (nSPS) is 26.5. The van der Waals surface area contributed by atoms with E-state index >= 15 is 0 Å². The number of methoxy groups -OCH3 is 1. The third-order valence-corrected chi connectivity index (χ3v) is 2.81. The monoisotopic (exact) mass is 194 g/mol. The van der Waals surface area contributed by atoms with Crippen molar-refractivity contribution in [2.45, 2.75) is 38.7 Å². The SMILES string of the molecule is CCCCC1(OC)C=CC(=O)C=C1C. The van der Waals surface area contributed by atoms with Crippen LogP contribution in [0.1, 0.15) is 33.1 Å². The molecule has 0 spiro atoms. The lowest BCUT2D eigenvalue weighted by atomic mass is 9.84. The van der Waals surface area contributed by atoms with Gasteiger partial charge in [0.2, 0.25) is 0 Å². The van der Waals surface area contributed by atoms with Crippen molar-refractivity contribution in [1.82, 2.24) is 0 Å². The van der Waals surface area contributed by atoms with E-state index in [2.05, 4.69) is 6.92 Å². The van der Waals surface area contributed by atoms with E-state index < -0.39 is 0 Å². The second-order valence-corrected chi connectivity index (χ2v) is 3.76. The van der Waals surface area contributed by atoms with E-state index in [9.17, 15) is 4.79 Å². The molecule has 0 aromatic rings. The number of carbonyl (C=O) groups is 1. The lowest BCUT2D eigenvalue weighted by molar-refractivity contribution is -0.111. The minimum atomic E-state index is -0.329. The Kier molecular flexibility index (Phi) is 3.64. The number of unbranched alkanes of at least 4 members (excludes halogenated alkanes) is 1. The van der Waals surface area contributed by atoms with Gasteiger partial charge >= 0.3 is 0 Å². The molecule has 1 atom stereocenters. The predicted octanol–water partition coefficient (Wildman–Crippen LogP) is 2.65. The van der Waals surface area contributed by atoms with Crippen LogP contribution >= 0.6 is 0 Å². The molecule has 0 fully saturated rings. The second kappa shape index (κ2) is 4.56. The van der Waals surface area contributed by atoms with Crippen LogP contribution in [0.4, 0.5) is 0 Å². The Hall–Kier alpha value is -0.890. The van der Waals surface area contributed by atoms with Crippen molar-refractivity contribution in [2.75, 3.05) is 7.11 Å². The third kappa shape index (κ3) is 2.13. The minimum Gasteiger partial charge on any atom is -0.370 e. The number of hydrogen-bond donors (Lipinski definition) is 0. The van der Waals surface area contributed by atoms with Crippen molar-refractivity contribution in [3.8, 4) is 0 Å². The zero-order valence-corrected chi connectivity index (χ0v) is 9.17. The molecule has 0 amide bonds. The van der Waals surface area contributed by atoms with Gasteiger partial charge in [-0.15, -0.1) is 0 Å². The first-order chi connectivity index (χ1) is 6.64. The maximum absolute atomic E-state index is 11.1. The van der Waals surface area contributed by atoms with Crippen LogP contribution < -0.4 is 0 Å². The number of ketones is 1. The number of carbonyl (C=O) groups excluding carboxylic acids is 1. The zero-order chi connectivity index (χ0) is 10.6. The molecule has 0 N–H and O–H groups in total. The highest BCUT2D eigenvalue weighted by molar-refractivity contribution is 6.01. The van der Waals surface area contributed by atoms with Crippen LogP contribution in [-0.2, 0) is 9.53 Å². The van der Waals surface area contributed by atoms with Gasteiger partial charge in [-0.1, -0.05) is 19.8 Å². The molecule has 0 aromatic heterocycles. The first-order valence-corrected chi connectivity index (χ1v) is 5.12. The molecule has 1 rings (SSSR count). The standard InChI is InChI=1S/C12H18O2/c1-4-5-7-12(14-3)8-6-11(13)9-10(12)2/h6,8-9H,4-5,7H2,1-3H3. The van der Waals surface area contributed by atoms with Crippen molar-refractivity contribution in [3.05, 3.63) is 23.8 Å². The molecule has 0 saturated carbocycles. The highest BCUT2D eigenvalue weighted by Gasteiger charge is 2.30. The maximum atomic E-state index is 11.1. The lowest BCUT2D eigenvalue weighted by Gasteiger charge is -2.32. The van der Waals surface area contributed by atoms with Crippen LogP contribution in [0.15, 0.2) is 23.8 Å². The van der Waals surface area contributed by atoms with E-state index in [0.29, 0.717) is 0 Å². The summed E-state index contributed by atoms with van der Waals surface area (Å²) in [4.78, 5) is 11.1. The van der Waals surface area contributed by atoms with Gasteiger partial charge in [0.1, 0.15) is 5.60 Å². The quantitative estimate of drug-likeness (QED) is 0.687. The van der Waals surface area contributed by atoms with Crippen molar-refractivity contribution < 1.29 is 9.53 Å². The Balaban J connectivity index is 2.83. The third-order valence-electron chi connectivity index (χ3n) is 2.81. The summed E-state index contributed by atoms with van der Waals surface area (Å²) in [6.45, 7) is 4.11. The van der Waals surface area contributed by atoms with Gasteiger partial charge in [0.25, 0.3) is 0 Å². The van der Waals surface area contributed by atoms with Gasteiger partial charge in [0.05, 0.1) is 0 Å². The molecule has 0 bridgehead atoms. The van der Waals surface area contributed by atoms with Gasteiger partial charge in [-0.2, -0.15) is 0 Å². The fraction of sp³-hybridized carbons (Fsp3) is 0.583. The molecule has 1 aliphatic rings. The van der Waals surface area contributed by atoms with E-state index in [1.54, 1.807) is 19.3 Å². The van der Waals surface area contributed by atoms with Crippen LogP contribution in [0.5, 0.6) is 0 Å². The van der Waals surface area contributed by atoms with Crippen LogP contribution in [0.3, 0.4) is 0 Å². The fourth-order valence-corrected chi connectivity index (χ4v) is 1.78. The Bertz CT molecular complexity index is 276. The van der Waals surface area contributed by atoms with E-state index in [1.807, 2.05) is 13.0 Å². The van der Waals surface area contributed by atoms with Gasteiger partial charge in [-0.25, -0.2) is 0 Å². The topological polar surface area (TPSA) is 26.3 Å². The summed E-state index contributed by atoms with van der Waals surface area (Å²) in [6.07, 6.45) is 8.36. The van der Waals surface area contributed by atoms with Gasteiger partial charge < -0.3 is 4.74 Å². The highest BCUT2D eigenvalue weighted by Crippen LogP contribution is 2.31. The maximum Gasteiger partial charge on any atom is 0.178 e. The molecule has 78 valence electrons. The predicted molar refractivity (Wildman–Crippen MR) is 57.2 cm³/mol. The Morgan fingerprint density at radius 1 is 1.50 bits per heavy atom. The molecule has 0 aliphatic heterocycles. The summed E-state index contributed by atoms with van der Waals surface area (Å²) in [5.41, 5.74) is 0.685. The van der Waals surface area contributed by atoms with E-state index in [0.717, 1.165) is 24.8 Å². The van der Waals surface area contributed by atoms with Crippen LogP contribution in [-0.4, -0.2) is 18.5 Å². The summed E-state index contributed by atoms with van der Waals surface area (Å²) in [6, 6.07) is 0. The number of hydrogen-bond acceptors (Lipinski definition) is 2. The summed E-state index contributed by atoms with van der Waals surface area (Å²) in [5.74, 6) is 0.0617. The summed E-state index contributed by atoms with van der Waals surface area (Å²) < 4.78 is 5.53. The molecular weight excluding hydrogens is 176 g/mol. The van der Waals surface area contributed by atoms with Gasteiger partial charge in [0, 0.05) is 7.11 Å². The average Bonchev–Trinajstić information content (AvgIpc) is 2.18. The van der Waals surface area contributed by atoms with Gasteiger partial charge in [-0.05, 0) is 37.1 Å². The molecule has 0 radical (unpaired) electrons. The van der Waals surface area contributed by atoms with E-state index in [-0.39, 0.29) is 11.4 Å². The fourth-order valence-electron chi connectivity index (χ4n) is 1.78. The first kappa shape index (κ1) is 11.2. The number of allylic oxidation sites excluding steroid dienone is 2. The van der Waals surface area contributed by atoms with Crippen molar-refractivity contribution in [2.24, 2.45) is 0 Å². The molecular formula is C12H18O2. The highest BCUT2D eigenvalue weighted by atomic mass is 16.5. The van der Waals surface area contributed by atoms with Crippen molar-refractivity contribution >= 4 is 5.78 Å². The molecule has 1 aliphatic carbocycles. The minimum absolute atomic E-state index is 0.0617. The molecule has 0 saturated heterocycles. The second-order valence-electron chi connectivity index (χ2n) is 3.76. The first-order valence-electron chi connectivity index (χ1n) is 5.12. The van der Waals surface area contributed by atoms with Crippen molar-refractivity contribution in [3.63, 3.8) is 0 Å². The average molecular weight is 194 g/mol. The van der Waals surface area contributed by atoms with Gasteiger partial charge in [-0.3, -0.25) is 4.79 Å². The van der Waals surface area contributed by atoms with Crippen LogP contribution in [0.25, 0.3) is 0 Å². The van der Waals surface area contributed by atoms with Crippen molar-refractivity contribution in [1.29, 1.82) is 0 Å². The molecule has 2 nitrogen and oxygen atoms in total. The number of ether oxygens (including phenoxy) is 1. The van der Waals surface area contributed by atoms with Crippen LogP contribution in [0, 0.1) is 0 Å².